The molecular formula is C17H20F3NO4. The van der Waals surface area contributed by atoms with Crippen LogP contribution in [-0.4, -0.2) is 48.3 Å². The van der Waals surface area contributed by atoms with Crippen LogP contribution in [-0.2, 0) is 9.59 Å². The third-order valence-corrected chi connectivity index (χ3v) is 4.58. The predicted molar refractivity (Wildman–Crippen MR) is 83.3 cm³/mol. The molecule has 1 saturated heterocycles. The van der Waals surface area contributed by atoms with Gasteiger partial charge in [0, 0.05) is 19.5 Å². The van der Waals surface area contributed by atoms with Crippen molar-refractivity contribution in [2.75, 3.05) is 20.2 Å². The number of amides is 1. The molecule has 1 unspecified atom stereocenters. The van der Waals surface area contributed by atoms with E-state index in [1.165, 1.54) is 7.11 Å². The lowest BCUT2D eigenvalue weighted by Crippen LogP contribution is -2.34. The predicted octanol–water partition coefficient (Wildman–Crippen LogP) is 2.91. The van der Waals surface area contributed by atoms with Crippen molar-refractivity contribution in [3.63, 3.8) is 0 Å². The third-order valence-electron chi connectivity index (χ3n) is 4.58. The fourth-order valence-electron chi connectivity index (χ4n) is 3.03. The molecule has 5 nitrogen and oxygen atoms in total. The number of hydrogen-bond donors (Lipinski definition) is 1. The van der Waals surface area contributed by atoms with Gasteiger partial charge in [0.05, 0.1) is 18.9 Å². The second-order valence-electron chi connectivity index (χ2n) is 6.27. The topological polar surface area (TPSA) is 66.8 Å². The van der Waals surface area contributed by atoms with Gasteiger partial charge in [-0.05, 0) is 23.6 Å². The van der Waals surface area contributed by atoms with E-state index in [1.54, 1.807) is 31.2 Å². The minimum absolute atomic E-state index is 0.0171. The molecule has 0 bridgehead atoms. The maximum atomic E-state index is 13.0. The fraction of sp³-hybridized carbons (Fsp3) is 0.529. The van der Waals surface area contributed by atoms with E-state index in [0.29, 0.717) is 5.75 Å². The number of ether oxygens (including phenoxy) is 1. The quantitative estimate of drug-likeness (QED) is 0.878. The van der Waals surface area contributed by atoms with Gasteiger partial charge in [0.25, 0.3) is 0 Å². The van der Waals surface area contributed by atoms with Gasteiger partial charge in [-0.2, -0.15) is 13.2 Å². The van der Waals surface area contributed by atoms with Crippen molar-refractivity contribution in [3.05, 3.63) is 29.8 Å². The number of alkyl halides is 3. The molecule has 25 heavy (non-hydrogen) atoms. The number of halogens is 3. The molecule has 0 aromatic heterocycles. The summed E-state index contributed by atoms with van der Waals surface area (Å²) in [5, 5.41) is 9.01. The van der Waals surface area contributed by atoms with Crippen LogP contribution in [0.1, 0.15) is 24.8 Å². The van der Waals surface area contributed by atoms with Crippen molar-refractivity contribution in [1.82, 2.24) is 4.90 Å². The minimum atomic E-state index is -4.64. The molecule has 2 rings (SSSR count). The number of hydrogen-bond acceptors (Lipinski definition) is 3. The summed E-state index contributed by atoms with van der Waals surface area (Å²) in [6.07, 6.45) is -4.62. The monoisotopic (exact) mass is 359 g/mol. The maximum absolute atomic E-state index is 13.0. The number of carbonyl (C=O) groups excluding carboxylic acids is 1. The molecule has 1 fully saturated rings. The average Bonchev–Trinajstić information content (AvgIpc) is 3.01. The van der Waals surface area contributed by atoms with Crippen molar-refractivity contribution >= 4 is 11.9 Å². The largest absolute Gasteiger partial charge is 0.497 e. The molecule has 1 amide bonds. The summed E-state index contributed by atoms with van der Waals surface area (Å²) in [6.45, 7) is 0.786. The zero-order chi connectivity index (χ0) is 18.8. The van der Waals surface area contributed by atoms with E-state index in [2.05, 4.69) is 0 Å². The van der Waals surface area contributed by atoms with E-state index in [-0.39, 0.29) is 12.3 Å². The number of carbonyl (C=O) groups is 2. The second-order valence-corrected chi connectivity index (χ2v) is 6.27. The third kappa shape index (κ3) is 4.43. The van der Waals surface area contributed by atoms with Crippen molar-refractivity contribution in [3.8, 4) is 5.75 Å². The van der Waals surface area contributed by atoms with Crippen molar-refractivity contribution in [1.29, 1.82) is 0 Å². The van der Waals surface area contributed by atoms with Gasteiger partial charge in [-0.3, -0.25) is 9.59 Å². The highest BCUT2D eigenvalue weighted by Gasteiger charge is 2.53. The number of nitrogens with zero attached hydrogens (tertiary/aromatic N) is 1. The van der Waals surface area contributed by atoms with E-state index in [4.69, 9.17) is 9.84 Å². The normalized spacial score (nSPS) is 21.9. The lowest BCUT2D eigenvalue weighted by atomic mass is 9.96. The van der Waals surface area contributed by atoms with E-state index in [0.717, 1.165) is 10.5 Å². The van der Waals surface area contributed by atoms with Gasteiger partial charge < -0.3 is 14.7 Å². The number of rotatable bonds is 5. The standard InChI is InChI=1S/C17H20F3NO4/c1-10(11-3-5-12(25-2)6-4-11)7-15(22)21-8-13(16(23)24)14(9-21)17(18,19)20/h3-6,10,13-14H,7-9H2,1-2H3,(H,23,24)/t10?,13-,14-/m1/s1. The second kappa shape index (κ2) is 7.33. The molecule has 1 N–H and O–H groups in total. The van der Waals surface area contributed by atoms with Crippen molar-refractivity contribution in [2.45, 2.75) is 25.4 Å². The van der Waals surface area contributed by atoms with E-state index < -0.39 is 43.0 Å². The molecule has 0 radical (unpaired) electrons. The molecule has 8 heteroatoms. The Labute approximate surface area is 143 Å². The Bertz CT molecular complexity index is 630. The molecule has 1 aromatic carbocycles. The number of aliphatic carboxylic acids is 1. The van der Waals surface area contributed by atoms with Gasteiger partial charge in [0.2, 0.25) is 5.91 Å². The molecule has 1 aliphatic heterocycles. The molecule has 138 valence electrons. The van der Waals surface area contributed by atoms with Gasteiger partial charge in [0.1, 0.15) is 5.75 Å². The smallest absolute Gasteiger partial charge is 0.394 e. The SMILES string of the molecule is COc1ccc(C(C)CC(=O)N2C[C@@H](C(F)(F)F)[C@H](C(=O)O)C2)cc1. The maximum Gasteiger partial charge on any atom is 0.394 e. The first-order valence-corrected chi connectivity index (χ1v) is 7.84. The van der Waals surface area contributed by atoms with E-state index in [1.807, 2.05) is 0 Å². The minimum Gasteiger partial charge on any atom is -0.497 e. The fourth-order valence-corrected chi connectivity index (χ4v) is 3.03. The highest BCUT2D eigenvalue weighted by Crippen LogP contribution is 2.38. The Morgan fingerprint density at radius 1 is 1.28 bits per heavy atom. The Hall–Kier alpha value is -2.25. The Kier molecular flexibility index (Phi) is 5.59. The molecule has 0 saturated carbocycles. The first kappa shape index (κ1) is 19.1. The first-order chi connectivity index (χ1) is 11.6. The summed E-state index contributed by atoms with van der Waals surface area (Å²) < 4.78 is 44.0. The van der Waals surface area contributed by atoms with Crippen molar-refractivity contribution < 1.29 is 32.6 Å². The number of methoxy groups -OCH3 is 1. The number of carboxylic acids is 1. The molecule has 1 heterocycles. The van der Waals surface area contributed by atoms with Crippen LogP contribution in [0.15, 0.2) is 24.3 Å². The molecule has 1 aliphatic rings. The molecule has 1 aromatic rings. The van der Waals surface area contributed by atoms with Gasteiger partial charge in [-0.25, -0.2) is 0 Å². The van der Waals surface area contributed by atoms with Crippen LogP contribution in [0.2, 0.25) is 0 Å². The van der Waals surface area contributed by atoms with Crippen LogP contribution in [0, 0.1) is 11.8 Å². The Balaban J connectivity index is 2.03. The molecular weight excluding hydrogens is 339 g/mol. The van der Waals surface area contributed by atoms with Crippen LogP contribution in [0.25, 0.3) is 0 Å². The zero-order valence-corrected chi connectivity index (χ0v) is 13.9. The van der Waals surface area contributed by atoms with Gasteiger partial charge >= 0.3 is 12.1 Å². The van der Waals surface area contributed by atoms with E-state index in [9.17, 15) is 22.8 Å². The van der Waals surface area contributed by atoms with Crippen LogP contribution in [0.3, 0.4) is 0 Å². The lowest BCUT2D eigenvalue weighted by molar-refractivity contribution is -0.188. The summed E-state index contributed by atoms with van der Waals surface area (Å²) in [5.74, 6) is -5.17. The highest BCUT2D eigenvalue weighted by molar-refractivity contribution is 5.79. The summed E-state index contributed by atoms with van der Waals surface area (Å²) in [5.41, 5.74) is 0.857. The number of carboxylic acid groups (broad SMARTS) is 1. The summed E-state index contributed by atoms with van der Waals surface area (Å²) >= 11 is 0. The van der Waals surface area contributed by atoms with Gasteiger partial charge in [-0.15, -0.1) is 0 Å². The molecule has 0 aliphatic carbocycles. The summed E-state index contributed by atoms with van der Waals surface area (Å²) in [7, 11) is 1.53. The van der Waals surface area contributed by atoms with Crippen molar-refractivity contribution in [2.24, 2.45) is 11.8 Å². The highest BCUT2D eigenvalue weighted by atomic mass is 19.4. The van der Waals surface area contributed by atoms with Gasteiger partial charge in [0.15, 0.2) is 0 Å². The zero-order valence-electron chi connectivity index (χ0n) is 13.9. The van der Waals surface area contributed by atoms with Gasteiger partial charge in [-0.1, -0.05) is 19.1 Å². The summed E-state index contributed by atoms with van der Waals surface area (Å²) in [6, 6.07) is 7.07. The average molecular weight is 359 g/mol. The number of likely N-dealkylation sites (tertiary alicyclic amines) is 1. The van der Waals surface area contributed by atoms with Crippen LogP contribution < -0.4 is 4.74 Å². The first-order valence-electron chi connectivity index (χ1n) is 7.84. The van der Waals surface area contributed by atoms with Crippen LogP contribution >= 0.6 is 0 Å². The Morgan fingerprint density at radius 2 is 1.88 bits per heavy atom. The summed E-state index contributed by atoms with van der Waals surface area (Å²) in [4.78, 5) is 24.4. The number of benzene rings is 1. The van der Waals surface area contributed by atoms with Crippen LogP contribution in [0.5, 0.6) is 5.75 Å². The van der Waals surface area contributed by atoms with E-state index >= 15 is 0 Å². The molecule has 0 spiro atoms. The van der Waals surface area contributed by atoms with Crippen LogP contribution in [0.4, 0.5) is 13.2 Å². The lowest BCUT2D eigenvalue weighted by Gasteiger charge is -2.20. The Morgan fingerprint density at radius 3 is 2.32 bits per heavy atom. The molecule has 3 atom stereocenters.